The number of nitrogens with zero attached hydrogens (tertiary/aromatic N) is 1. The molecule has 0 saturated heterocycles. The summed E-state index contributed by atoms with van der Waals surface area (Å²) >= 11 is 1.90. The van der Waals surface area contributed by atoms with Crippen molar-refractivity contribution in [1.29, 1.82) is 0 Å². The van der Waals surface area contributed by atoms with Gasteiger partial charge in [0.05, 0.1) is 10.7 Å². The van der Waals surface area contributed by atoms with Gasteiger partial charge in [-0.3, -0.25) is 0 Å². The van der Waals surface area contributed by atoms with Crippen LogP contribution in [0.4, 0.5) is 0 Å². The number of aryl methyl sites for hydroxylation is 1. The minimum atomic E-state index is 0.176. The second-order valence-corrected chi connectivity index (χ2v) is 8.02. The number of aromatic nitrogens is 1. The van der Waals surface area contributed by atoms with Crippen molar-refractivity contribution >= 4 is 11.3 Å². The van der Waals surface area contributed by atoms with Crippen molar-refractivity contribution in [2.24, 2.45) is 5.41 Å². The summed E-state index contributed by atoms with van der Waals surface area (Å²) in [7, 11) is 0. The molecule has 1 aliphatic rings. The van der Waals surface area contributed by atoms with Crippen LogP contribution in [-0.4, -0.2) is 10.5 Å². The summed E-state index contributed by atoms with van der Waals surface area (Å²) in [6, 6.07) is 0. The van der Waals surface area contributed by atoms with Crippen LogP contribution in [0.15, 0.2) is 0 Å². The Bertz CT molecular complexity index is 412. The van der Waals surface area contributed by atoms with E-state index in [0.29, 0.717) is 11.3 Å². The Labute approximate surface area is 109 Å². The largest absolute Gasteiger partial charge is 0.307 e. The van der Waals surface area contributed by atoms with E-state index in [4.69, 9.17) is 4.98 Å². The maximum Gasteiger partial charge on any atom is 0.0967 e. The molecule has 1 fully saturated rings. The van der Waals surface area contributed by atoms with Gasteiger partial charge in [0, 0.05) is 22.9 Å². The minimum absolute atomic E-state index is 0.176. The minimum Gasteiger partial charge on any atom is -0.307 e. The zero-order valence-electron chi connectivity index (χ0n) is 11.8. The van der Waals surface area contributed by atoms with Crippen LogP contribution in [0.25, 0.3) is 0 Å². The molecule has 1 heterocycles. The molecular formula is C14H24N2S. The van der Waals surface area contributed by atoms with Crippen LogP contribution < -0.4 is 5.32 Å². The molecule has 17 heavy (non-hydrogen) atoms. The van der Waals surface area contributed by atoms with Crippen LogP contribution in [0.2, 0.25) is 0 Å². The van der Waals surface area contributed by atoms with Gasteiger partial charge < -0.3 is 5.32 Å². The molecule has 0 amide bonds. The number of hydrogen-bond acceptors (Lipinski definition) is 3. The van der Waals surface area contributed by atoms with Gasteiger partial charge in [0.25, 0.3) is 0 Å². The summed E-state index contributed by atoms with van der Waals surface area (Å²) in [6.07, 6.45) is 1.30. The molecule has 1 atom stereocenters. The second kappa shape index (κ2) is 4.06. The van der Waals surface area contributed by atoms with Crippen molar-refractivity contribution in [3.8, 4) is 0 Å². The Hall–Kier alpha value is -0.410. The molecule has 1 aliphatic carbocycles. The van der Waals surface area contributed by atoms with Gasteiger partial charge in [-0.15, -0.1) is 11.3 Å². The van der Waals surface area contributed by atoms with Crippen molar-refractivity contribution in [2.45, 2.75) is 66.0 Å². The molecule has 1 saturated carbocycles. The van der Waals surface area contributed by atoms with Gasteiger partial charge in [-0.1, -0.05) is 13.8 Å². The maximum atomic E-state index is 4.75. The smallest absolute Gasteiger partial charge is 0.0967 e. The molecule has 2 nitrogen and oxygen atoms in total. The van der Waals surface area contributed by atoms with E-state index in [2.05, 4.69) is 46.9 Å². The molecule has 2 rings (SSSR count). The highest BCUT2D eigenvalue weighted by Crippen LogP contribution is 2.59. The van der Waals surface area contributed by atoms with Crippen molar-refractivity contribution in [3.05, 3.63) is 15.6 Å². The Balaban J connectivity index is 2.05. The van der Waals surface area contributed by atoms with Crippen molar-refractivity contribution in [1.82, 2.24) is 10.3 Å². The van der Waals surface area contributed by atoms with E-state index in [1.54, 1.807) is 0 Å². The molecule has 0 aromatic carbocycles. The zero-order valence-corrected chi connectivity index (χ0v) is 12.7. The predicted molar refractivity (Wildman–Crippen MR) is 74.6 cm³/mol. The summed E-state index contributed by atoms with van der Waals surface area (Å²) in [6.45, 7) is 14.4. The van der Waals surface area contributed by atoms with E-state index < -0.39 is 0 Å². The first-order chi connectivity index (χ1) is 7.69. The highest BCUT2D eigenvalue weighted by Gasteiger charge is 2.48. The molecule has 0 spiro atoms. The summed E-state index contributed by atoms with van der Waals surface area (Å²) in [5.41, 5.74) is 1.87. The van der Waals surface area contributed by atoms with Gasteiger partial charge in [-0.2, -0.15) is 0 Å². The van der Waals surface area contributed by atoms with Crippen LogP contribution in [0.3, 0.4) is 0 Å². The first-order valence-electron chi connectivity index (χ1n) is 6.40. The summed E-state index contributed by atoms with van der Waals surface area (Å²) in [5.74, 6) is 0.703. The molecule has 1 unspecified atom stereocenters. The van der Waals surface area contributed by atoms with Crippen LogP contribution >= 0.6 is 11.3 Å². The van der Waals surface area contributed by atoms with Gasteiger partial charge in [0.2, 0.25) is 0 Å². The van der Waals surface area contributed by atoms with E-state index >= 15 is 0 Å². The normalized spacial score (nSPS) is 22.8. The fourth-order valence-electron chi connectivity index (χ4n) is 2.00. The molecule has 0 aliphatic heterocycles. The lowest BCUT2D eigenvalue weighted by atomic mass is 10.1. The second-order valence-electron chi connectivity index (χ2n) is 6.91. The summed E-state index contributed by atoms with van der Waals surface area (Å²) in [4.78, 5) is 6.15. The zero-order chi connectivity index (χ0) is 12.8. The van der Waals surface area contributed by atoms with E-state index in [0.717, 1.165) is 6.54 Å². The lowest BCUT2D eigenvalue weighted by Gasteiger charge is -2.19. The molecule has 1 aromatic rings. The molecule has 96 valence electrons. The molecule has 1 N–H and O–H groups in total. The fourth-order valence-corrected chi connectivity index (χ4v) is 3.32. The Morgan fingerprint density at radius 1 is 1.41 bits per heavy atom. The number of nitrogens with one attached hydrogen (secondary N) is 1. The van der Waals surface area contributed by atoms with Gasteiger partial charge in [0.15, 0.2) is 0 Å². The molecule has 3 heteroatoms. The topological polar surface area (TPSA) is 24.9 Å². The van der Waals surface area contributed by atoms with E-state index in [9.17, 15) is 0 Å². The van der Waals surface area contributed by atoms with Crippen LogP contribution in [0.5, 0.6) is 0 Å². The van der Waals surface area contributed by atoms with E-state index in [1.165, 1.54) is 22.0 Å². The lowest BCUT2D eigenvalue weighted by Crippen LogP contribution is -2.34. The third-order valence-electron chi connectivity index (χ3n) is 3.50. The Kier molecular flexibility index (Phi) is 3.11. The fraction of sp³-hybridized carbons (Fsp3) is 0.786. The number of rotatable bonds is 3. The third kappa shape index (κ3) is 3.08. The van der Waals surface area contributed by atoms with Gasteiger partial charge in [-0.05, 0) is 39.5 Å². The monoisotopic (exact) mass is 252 g/mol. The standard InChI is InChI=1S/C14H24N2S/c1-9-11(8-15-13(2,3)4)17-12(16-9)10-7-14(10,5)6/h10,15H,7-8H2,1-6H3. The SMILES string of the molecule is Cc1nc(C2CC2(C)C)sc1CNC(C)(C)C. The molecule has 0 bridgehead atoms. The summed E-state index contributed by atoms with van der Waals surface area (Å²) < 4.78 is 0. The van der Waals surface area contributed by atoms with E-state index in [1.807, 2.05) is 11.3 Å². The highest BCUT2D eigenvalue weighted by molar-refractivity contribution is 7.11. The maximum absolute atomic E-state index is 4.75. The van der Waals surface area contributed by atoms with Crippen molar-refractivity contribution < 1.29 is 0 Å². The van der Waals surface area contributed by atoms with Gasteiger partial charge in [-0.25, -0.2) is 4.98 Å². The lowest BCUT2D eigenvalue weighted by molar-refractivity contribution is 0.425. The van der Waals surface area contributed by atoms with Crippen molar-refractivity contribution in [3.63, 3.8) is 0 Å². The van der Waals surface area contributed by atoms with Gasteiger partial charge >= 0.3 is 0 Å². The third-order valence-corrected chi connectivity index (χ3v) is 4.77. The number of hydrogen-bond donors (Lipinski definition) is 1. The average molecular weight is 252 g/mol. The Morgan fingerprint density at radius 3 is 2.47 bits per heavy atom. The molecular weight excluding hydrogens is 228 g/mol. The molecule has 1 aromatic heterocycles. The first kappa shape index (κ1) is 13.0. The summed E-state index contributed by atoms with van der Waals surface area (Å²) in [5, 5.41) is 4.89. The van der Waals surface area contributed by atoms with Gasteiger partial charge in [0.1, 0.15) is 0 Å². The Morgan fingerprint density at radius 2 is 2.00 bits per heavy atom. The average Bonchev–Trinajstić information content (AvgIpc) is 2.64. The van der Waals surface area contributed by atoms with Crippen LogP contribution in [-0.2, 0) is 6.54 Å². The van der Waals surface area contributed by atoms with Crippen LogP contribution in [0.1, 0.15) is 62.5 Å². The predicted octanol–water partition coefficient (Wildman–Crippen LogP) is 3.85. The highest BCUT2D eigenvalue weighted by atomic mass is 32.1. The first-order valence-corrected chi connectivity index (χ1v) is 7.22. The van der Waals surface area contributed by atoms with Crippen molar-refractivity contribution in [2.75, 3.05) is 0 Å². The van der Waals surface area contributed by atoms with Crippen LogP contribution in [0, 0.1) is 12.3 Å². The quantitative estimate of drug-likeness (QED) is 0.883. The number of thiazole rings is 1. The molecule has 0 radical (unpaired) electrons. The van der Waals surface area contributed by atoms with E-state index in [-0.39, 0.29) is 5.54 Å².